The summed E-state index contributed by atoms with van der Waals surface area (Å²) < 4.78 is 5.21. The highest BCUT2D eigenvalue weighted by molar-refractivity contribution is 7.16. The number of ether oxygens (including phenoxy) is 1. The molecule has 1 atom stereocenters. The minimum atomic E-state index is -0.890. The van der Waals surface area contributed by atoms with Crippen molar-refractivity contribution < 1.29 is 19.1 Å². The first kappa shape index (κ1) is 24.5. The van der Waals surface area contributed by atoms with Crippen LogP contribution in [0.4, 0.5) is 5.00 Å². The van der Waals surface area contributed by atoms with E-state index in [2.05, 4.69) is 16.7 Å². The lowest BCUT2D eigenvalue weighted by molar-refractivity contribution is -0.150. The summed E-state index contributed by atoms with van der Waals surface area (Å²) >= 11 is 1.43. The minimum absolute atomic E-state index is 0.229. The third-order valence-corrected chi connectivity index (χ3v) is 6.83. The Morgan fingerprint density at radius 1 is 1.18 bits per heavy atom. The molecule has 7 nitrogen and oxygen atoms in total. The van der Waals surface area contributed by atoms with Gasteiger partial charge in [0.25, 0.3) is 11.8 Å². The van der Waals surface area contributed by atoms with Gasteiger partial charge in [0, 0.05) is 10.4 Å². The Kier molecular flexibility index (Phi) is 8.23. The molecule has 0 bridgehead atoms. The molecule has 2 amide bonds. The van der Waals surface area contributed by atoms with Crippen molar-refractivity contribution in [2.24, 2.45) is 5.92 Å². The summed E-state index contributed by atoms with van der Waals surface area (Å²) in [6.07, 6.45) is 5.01. The summed E-state index contributed by atoms with van der Waals surface area (Å²) in [6.45, 7) is 4.98. The highest BCUT2D eigenvalue weighted by Crippen LogP contribution is 2.36. The van der Waals surface area contributed by atoms with E-state index in [0.29, 0.717) is 16.1 Å². The number of aryl methyl sites for hydroxylation is 2. The first-order chi connectivity index (χ1) is 15.8. The summed E-state index contributed by atoms with van der Waals surface area (Å²) in [5.74, 6) is -1.79. The van der Waals surface area contributed by atoms with Gasteiger partial charge in [-0.2, -0.15) is 5.26 Å². The predicted octanol–water partition coefficient (Wildman–Crippen LogP) is 4.13. The zero-order chi connectivity index (χ0) is 24.0. The first-order valence-electron chi connectivity index (χ1n) is 11.2. The van der Waals surface area contributed by atoms with Crippen LogP contribution in [-0.2, 0) is 27.2 Å². The lowest BCUT2D eigenvalue weighted by atomic mass is 10.0. The number of fused-ring (bicyclic) bond motifs is 1. The van der Waals surface area contributed by atoms with Gasteiger partial charge in [0.2, 0.25) is 0 Å². The average molecular weight is 468 g/mol. The molecule has 0 radical (unpaired) electrons. The molecule has 8 heteroatoms. The van der Waals surface area contributed by atoms with Crippen LogP contribution in [0.1, 0.15) is 65.0 Å². The van der Waals surface area contributed by atoms with Crippen LogP contribution in [-0.4, -0.2) is 30.4 Å². The lowest BCUT2D eigenvalue weighted by Crippen LogP contribution is -2.45. The number of nitrogens with zero attached hydrogens (tertiary/aromatic N) is 1. The van der Waals surface area contributed by atoms with E-state index in [-0.39, 0.29) is 11.8 Å². The van der Waals surface area contributed by atoms with Gasteiger partial charge < -0.3 is 15.4 Å². The van der Waals surface area contributed by atoms with Crippen molar-refractivity contribution in [1.29, 1.82) is 5.26 Å². The smallest absolute Gasteiger partial charge is 0.329 e. The molecular weight excluding hydrogens is 438 g/mol. The number of carbonyl (C=O) groups is 3. The molecule has 0 unspecified atom stereocenters. The monoisotopic (exact) mass is 467 g/mol. The van der Waals surface area contributed by atoms with Crippen molar-refractivity contribution in [3.8, 4) is 6.07 Å². The van der Waals surface area contributed by atoms with Crippen molar-refractivity contribution in [3.63, 3.8) is 0 Å². The van der Waals surface area contributed by atoms with Crippen molar-refractivity contribution >= 4 is 34.1 Å². The van der Waals surface area contributed by atoms with E-state index in [0.717, 1.165) is 48.1 Å². The molecule has 0 spiro atoms. The summed E-state index contributed by atoms with van der Waals surface area (Å²) in [5, 5.41) is 15.5. The number of hydrogen-bond donors (Lipinski definition) is 2. The zero-order valence-corrected chi connectivity index (χ0v) is 20.0. The van der Waals surface area contributed by atoms with Crippen LogP contribution in [0.15, 0.2) is 24.3 Å². The SMILES string of the molecule is Cc1cccc(C(=O)N[C@@H](C(=O)OCC(=O)Nc2sc3c(c2C#N)CCCCC3)C(C)C)c1. The van der Waals surface area contributed by atoms with Gasteiger partial charge in [0.05, 0.1) is 5.56 Å². The standard InChI is InChI=1S/C25H29N3O4S/c1-15(2)22(28-23(30)17-9-7-8-16(3)12-17)25(31)32-14-21(29)27-24-19(13-26)18-10-5-4-6-11-20(18)33-24/h7-9,12,15,22H,4-6,10-11,14H2,1-3H3,(H,27,29)(H,28,30)/t22-/m1/s1. The Bertz CT molecular complexity index is 1080. The number of benzene rings is 1. The van der Waals surface area contributed by atoms with E-state index in [1.807, 2.05) is 13.0 Å². The maximum Gasteiger partial charge on any atom is 0.329 e. The fourth-order valence-corrected chi connectivity index (χ4v) is 5.10. The van der Waals surface area contributed by atoms with E-state index < -0.39 is 24.5 Å². The number of anilines is 1. The molecule has 2 N–H and O–H groups in total. The fourth-order valence-electron chi connectivity index (χ4n) is 3.85. The van der Waals surface area contributed by atoms with Gasteiger partial charge in [-0.3, -0.25) is 9.59 Å². The van der Waals surface area contributed by atoms with Crippen molar-refractivity contribution in [2.45, 2.75) is 58.9 Å². The molecule has 0 fully saturated rings. The van der Waals surface area contributed by atoms with E-state index in [9.17, 15) is 19.6 Å². The Balaban J connectivity index is 1.60. The second kappa shape index (κ2) is 11.1. The number of hydrogen-bond acceptors (Lipinski definition) is 6. The van der Waals surface area contributed by atoms with E-state index >= 15 is 0 Å². The van der Waals surface area contributed by atoms with E-state index in [1.165, 1.54) is 11.3 Å². The maximum atomic E-state index is 12.6. The summed E-state index contributed by atoms with van der Waals surface area (Å²) in [5.41, 5.74) is 2.94. The van der Waals surface area contributed by atoms with E-state index in [4.69, 9.17) is 4.74 Å². The second-order valence-corrected chi connectivity index (χ2v) is 9.71. The van der Waals surface area contributed by atoms with Crippen molar-refractivity contribution in [3.05, 3.63) is 51.4 Å². The summed E-state index contributed by atoms with van der Waals surface area (Å²) in [7, 11) is 0. The number of carbonyl (C=O) groups excluding carboxylic acids is 3. The lowest BCUT2D eigenvalue weighted by Gasteiger charge is -2.21. The normalized spacial score (nSPS) is 13.9. The summed E-state index contributed by atoms with van der Waals surface area (Å²) in [4.78, 5) is 38.8. The molecule has 1 aromatic heterocycles. The van der Waals surface area contributed by atoms with Crippen LogP contribution in [0, 0.1) is 24.2 Å². The Hall–Kier alpha value is -3.18. The first-order valence-corrected chi connectivity index (χ1v) is 12.0. The molecule has 2 aromatic rings. The van der Waals surface area contributed by atoms with Crippen LogP contribution >= 0.6 is 11.3 Å². The molecule has 1 aliphatic rings. The van der Waals surface area contributed by atoms with Gasteiger partial charge in [0.15, 0.2) is 6.61 Å². The quantitative estimate of drug-likeness (QED) is 0.470. The second-order valence-electron chi connectivity index (χ2n) is 8.60. The summed E-state index contributed by atoms with van der Waals surface area (Å²) in [6, 6.07) is 8.39. The Morgan fingerprint density at radius 3 is 2.64 bits per heavy atom. The number of esters is 1. The molecule has 174 valence electrons. The molecule has 1 aromatic carbocycles. The number of thiophene rings is 1. The van der Waals surface area contributed by atoms with Crippen molar-refractivity contribution in [2.75, 3.05) is 11.9 Å². The van der Waals surface area contributed by atoms with Gasteiger partial charge in [-0.05, 0) is 56.2 Å². The molecule has 3 rings (SSSR count). The highest BCUT2D eigenvalue weighted by Gasteiger charge is 2.27. The fraction of sp³-hybridized carbons (Fsp3) is 0.440. The van der Waals surface area contributed by atoms with Crippen LogP contribution in [0.3, 0.4) is 0 Å². The minimum Gasteiger partial charge on any atom is -0.454 e. The Morgan fingerprint density at radius 2 is 1.94 bits per heavy atom. The topological polar surface area (TPSA) is 108 Å². The van der Waals surface area contributed by atoms with Gasteiger partial charge in [-0.25, -0.2) is 4.79 Å². The van der Waals surface area contributed by atoms with Crippen LogP contribution in [0.5, 0.6) is 0 Å². The van der Waals surface area contributed by atoms with Gasteiger partial charge in [-0.1, -0.05) is 38.0 Å². The van der Waals surface area contributed by atoms with Gasteiger partial charge in [-0.15, -0.1) is 11.3 Å². The third-order valence-electron chi connectivity index (χ3n) is 5.62. The molecule has 1 aliphatic carbocycles. The number of amides is 2. The van der Waals surface area contributed by atoms with Gasteiger partial charge in [0.1, 0.15) is 17.1 Å². The van der Waals surface area contributed by atoms with Crippen LogP contribution < -0.4 is 10.6 Å². The largest absolute Gasteiger partial charge is 0.454 e. The Labute approximate surface area is 198 Å². The number of rotatable bonds is 7. The van der Waals surface area contributed by atoms with Crippen LogP contribution in [0.2, 0.25) is 0 Å². The van der Waals surface area contributed by atoms with E-state index in [1.54, 1.807) is 32.0 Å². The molecule has 0 saturated carbocycles. The maximum absolute atomic E-state index is 12.6. The van der Waals surface area contributed by atoms with Crippen LogP contribution in [0.25, 0.3) is 0 Å². The molecule has 0 saturated heterocycles. The molecule has 0 aliphatic heterocycles. The number of nitrogens with one attached hydrogen (secondary N) is 2. The molecular formula is C25H29N3O4S. The molecule has 33 heavy (non-hydrogen) atoms. The predicted molar refractivity (Wildman–Crippen MR) is 127 cm³/mol. The van der Waals surface area contributed by atoms with Gasteiger partial charge >= 0.3 is 5.97 Å². The average Bonchev–Trinajstić information content (AvgIpc) is 2.93. The third kappa shape index (κ3) is 6.20. The zero-order valence-electron chi connectivity index (χ0n) is 19.2. The van der Waals surface area contributed by atoms with Crippen molar-refractivity contribution in [1.82, 2.24) is 5.32 Å². The highest BCUT2D eigenvalue weighted by atomic mass is 32.1. The number of nitriles is 1. The molecule has 1 heterocycles.